The Morgan fingerprint density at radius 3 is 3.00 bits per heavy atom. The second-order valence-electron chi connectivity index (χ2n) is 3.31. The summed E-state index contributed by atoms with van der Waals surface area (Å²) < 4.78 is 5.15. The summed E-state index contributed by atoms with van der Waals surface area (Å²) >= 11 is 0. The molecule has 76 valence electrons. The van der Waals surface area contributed by atoms with Gasteiger partial charge in [-0.15, -0.1) is 0 Å². The minimum Gasteiger partial charge on any atom is -0.396 e. The molecule has 1 aliphatic rings. The molecule has 1 unspecified atom stereocenters. The Hall–Kier alpha value is -0.610. The molecular formula is C9H17NO3. The van der Waals surface area contributed by atoms with E-state index in [-0.39, 0.29) is 18.6 Å². The summed E-state index contributed by atoms with van der Waals surface area (Å²) in [5, 5.41) is 8.56. The number of aliphatic hydroxyl groups is 1. The monoisotopic (exact) mass is 187 g/mol. The molecule has 0 bridgehead atoms. The van der Waals surface area contributed by atoms with Crippen molar-refractivity contribution in [2.75, 3.05) is 26.8 Å². The lowest BCUT2D eigenvalue weighted by molar-refractivity contribution is -0.130. The molecule has 0 aromatic heterocycles. The van der Waals surface area contributed by atoms with E-state index in [4.69, 9.17) is 9.84 Å². The molecule has 1 atom stereocenters. The minimum absolute atomic E-state index is 0.0906. The number of hydrogen-bond donors (Lipinski definition) is 1. The highest BCUT2D eigenvalue weighted by Crippen LogP contribution is 2.13. The molecule has 1 heterocycles. The third-order valence-electron chi connectivity index (χ3n) is 2.38. The quantitative estimate of drug-likeness (QED) is 0.674. The zero-order valence-corrected chi connectivity index (χ0v) is 8.03. The molecule has 1 aliphatic heterocycles. The van der Waals surface area contributed by atoms with Gasteiger partial charge in [0, 0.05) is 33.2 Å². The van der Waals surface area contributed by atoms with E-state index < -0.39 is 0 Å². The van der Waals surface area contributed by atoms with Crippen LogP contribution in [0.2, 0.25) is 0 Å². The van der Waals surface area contributed by atoms with Gasteiger partial charge in [0.05, 0.1) is 6.10 Å². The Kier molecular flexibility index (Phi) is 4.18. The Morgan fingerprint density at radius 1 is 1.69 bits per heavy atom. The van der Waals surface area contributed by atoms with Crippen LogP contribution in [0.1, 0.15) is 19.3 Å². The van der Waals surface area contributed by atoms with Gasteiger partial charge in [0.2, 0.25) is 5.91 Å². The van der Waals surface area contributed by atoms with E-state index in [9.17, 15) is 4.79 Å². The second kappa shape index (κ2) is 5.19. The van der Waals surface area contributed by atoms with Crippen molar-refractivity contribution >= 4 is 5.91 Å². The fourth-order valence-electron chi connectivity index (χ4n) is 1.54. The number of hydrogen-bond acceptors (Lipinski definition) is 3. The molecular weight excluding hydrogens is 170 g/mol. The molecule has 4 nitrogen and oxygen atoms in total. The van der Waals surface area contributed by atoms with Crippen molar-refractivity contribution < 1.29 is 14.6 Å². The summed E-state index contributed by atoms with van der Waals surface area (Å²) in [4.78, 5) is 13.2. The maximum Gasteiger partial charge on any atom is 0.222 e. The number of ether oxygens (including phenoxy) is 1. The second-order valence-corrected chi connectivity index (χ2v) is 3.31. The lowest BCUT2D eigenvalue weighted by Gasteiger charge is -2.15. The van der Waals surface area contributed by atoms with Crippen LogP contribution >= 0.6 is 0 Å². The zero-order valence-electron chi connectivity index (χ0n) is 8.03. The van der Waals surface area contributed by atoms with Crippen molar-refractivity contribution in [1.82, 2.24) is 4.90 Å². The average molecular weight is 187 g/mol. The summed E-state index contributed by atoms with van der Waals surface area (Å²) in [6, 6.07) is 0. The summed E-state index contributed by atoms with van der Waals surface area (Å²) in [5.41, 5.74) is 0. The van der Waals surface area contributed by atoms with Gasteiger partial charge in [-0.1, -0.05) is 0 Å². The Labute approximate surface area is 78.5 Å². The zero-order chi connectivity index (χ0) is 9.68. The van der Waals surface area contributed by atoms with Crippen molar-refractivity contribution in [3.8, 4) is 0 Å². The lowest BCUT2D eigenvalue weighted by atomic mass is 10.3. The summed E-state index contributed by atoms with van der Waals surface area (Å²) in [5.74, 6) is 0.133. The van der Waals surface area contributed by atoms with Crippen molar-refractivity contribution in [1.29, 1.82) is 0 Å². The molecule has 1 rings (SSSR count). The van der Waals surface area contributed by atoms with Gasteiger partial charge >= 0.3 is 0 Å². The molecule has 0 spiro atoms. The standard InChI is InChI=1S/C9H17NO3/c1-13-8-4-5-10(7-8)9(12)3-2-6-11/h8,11H,2-7H2,1H3. The predicted molar refractivity (Wildman–Crippen MR) is 48.3 cm³/mol. The van der Waals surface area contributed by atoms with Gasteiger partial charge in [-0.2, -0.15) is 0 Å². The first kappa shape index (κ1) is 10.5. The van der Waals surface area contributed by atoms with Gasteiger partial charge in [-0.05, 0) is 12.8 Å². The predicted octanol–water partition coefficient (Wildman–Crippen LogP) is 0.00620. The van der Waals surface area contributed by atoms with Gasteiger partial charge in [0.25, 0.3) is 0 Å². The van der Waals surface area contributed by atoms with Crippen LogP contribution in [0, 0.1) is 0 Å². The number of likely N-dealkylation sites (tertiary alicyclic amines) is 1. The van der Waals surface area contributed by atoms with Crippen LogP contribution in [0.4, 0.5) is 0 Å². The summed E-state index contributed by atoms with van der Waals surface area (Å²) in [6.07, 6.45) is 2.15. The molecule has 0 aromatic rings. The lowest BCUT2D eigenvalue weighted by Crippen LogP contribution is -2.29. The van der Waals surface area contributed by atoms with E-state index in [1.165, 1.54) is 0 Å². The highest BCUT2D eigenvalue weighted by Gasteiger charge is 2.25. The molecule has 1 N–H and O–H groups in total. The van der Waals surface area contributed by atoms with Gasteiger partial charge in [0.15, 0.2) is 0 Å². The highest BCUT2D eigenvalue weighted by molar-refractivity contribution is 5.76. The largest absolute Gasteiger partial charge is 0.396 e. The average Bonchev–Trinajstić information content (AvgIpc) is 2.62. The maximum absolute atomic E-state index is 11.4. The Balaban J connectivity index is 2.25. The van der Waals surface area contributed by atoms with E-state index in [0.29, 0.717) is 19.4 Å². The fourth-order valence-corrected chi connectivity index (χ4v) is 1.54. The molecule has 1 fully saturated rings. The van der Waals surface area contributed by atoms with Gasteiger partial charge in [-0.25, -0.2) is 0 Å². The van der Waals surface area contributed by atoms with Crippen LogP contribution in [0.5, 0.6) is 0 Å². The molecule has 0 aromatic carbocycles. The normalized spacial score (nSPS) is 22.3. The third-order valence-corrected chi connectivity index (χ3v) is 2.38. The number of nitrogens with zero attached hydrogens (tertiary/aromatic N) is 1. The van der Waals surface area contributed by atoms with E-state index in [1.807, 2.05) is 4.90 Å². The summed E-state index contributed by atoms with van der Waals surface area (Å²) in [6.45, 7) is 1.59. The SMILES string of the molecule is COC1CCN(C(=O)CCCO)C1. The molecule has 1 amide bonds. The first-order valence-electron chi connectivity index (χ1n) is 4.69. The van der Waals surface area contributed by atoms with Crippen molar-refractivity contribution in [3.05, 3.63) is 0 Å². The van der Waals surface area contributed by atoms with E-state index in [0.717, 1.165) is 13.0 Å². The summed E-state index contributed by atoms with van der Waals surface area (Å²) in [7, 11) is 1.67. The Morgan fingerprint density at radius 2 is 2.46 bits per heavy atom. The smallest absolute Gasteiger partial charge is 0.222 e. The number of methoxy groups -OCH3 is 1. The maximum atomic E-state index is 11.4. The molecule has 0 radical (unpaired) electrons. The fraction of sp³-hybridized carbons (Fsp3) is 0.889. The number of carbonyl (C=O) groups excluding carboxylic acids is 1. The van der Waals surface area contributed by atoms with E-state index >= 15 is 0 Å². The van der Waals surface area contributed by atoms with Gasteiger partial charge in [-0.3, -0.25) is 4.79 Å². The number of carbonyl (C=O) groups is 1. The first-order valence-corrected chi connectivity index (χ1v) is 4.69. The minimum atomic E-state index is 0.0906. The molecule has 0 saturated carbocycles. The van der Waals surface area contributed by atoms with Crippen molar-refractivity contribution in [2.24, 2.45) is 0 Å². The number of aliphatic hydroxyl groups excluding tert-OH is 1. The van der Waals surface area contributed by atoms with Crippen LogP contribution in [0.15, 0.2) is 0 Å². The molecule has 1 saturated heterocycles. The van der Waals surface area contributed by atoms with Crippen LogP contribution in [0.25, 0.3) is 0 Å². The molecule has 13 heavy (non-hydrogen) atoms. The van der Waals surface area contributed by atoms with Crippen LogP contribution in [0.3, 0.4) is 0 Å². The van der Waals surface area contributed by atoms with E-state index in [1.54, 1.807) is 7.11 Å². The third kappa shape index (κ3) is 2.97. The Bertz CT molecular complexity index is 172. The van der Waals surface area contributed by atoms with Gasteiger partial charge < -0.3 is 14.7 Å². The van der Waals surface area contributed by atoms with Crippen LogP contribution in [-0.2, 0) is 9.53 Å². The van der Waals surface area contributed by atoms with E-state index in [2.05, 4.69) is 0 Å². The number of rotatable bonds is 4. The highest BCUT2D eigenvalue weighted by atomic mass is 16.5. The van der Waals surface area contributed by atoms with Crippen molar-refractivity contribution in [3.63, 3.8) is 0 Å². The van der Waals surface area contributed by atoms with Crippen molar-refractivity contribution in [2.45, 2.75) is 25.4 Å². The topological polar surface area (TPSA) is 49.8 Å². The molecule has 4 heteroatoms. The van der Waals surface area contributed by atoms with Crippen LogP contribution in [-0.4, -0.2) is 48.8 Å². The molecule has 0 aliphatic carbocycles. The van der Waals surface area contributed by atoms with Crippen LogP contribution < -0.4 is 0 Å². The number of amides is 1. The first-order chi connectivity index (χ1) is 6.27. The van der Waals surface area contributed by atoms with Gasteiger partial charge in [0.1, 0.15) is 0 Å².